The van der Waals surface area contributed by atoms with Gasteiger partial charge < -0.3 is 13.7 Å². The maximum absolute atomic E-state index is 6.96. The van der Waals surface area contributed by atoms with Crippen molar-refractivity contribution in [2.75, 3.05) is 4.90 Å². The molecule has 0 amide bonds. The number of hydrogen-bond acceptors (Lipinski definition) is 4. The Morgan fingerprint density at radius 3 is 1.64 bits per heavy atom. The predicted molar refractivity (Wildman–Crippen MR) is 276 cm³/mol. The summed E-state index contributed by atoms with van der Waals surface area (Å²) in [6.45, 7) is 16.6. The molecule has 3 aromatic heterocycles. The fraction of sp³-hybridized carbons (Fsp3) is 0.159. The van der Waals surface area contributed by atoms with Gasteiger partial charge in [-0.2, -0.15) is 0 Å². The number of fused-ring (bicyclic) bond motifs is 19. The summed E-state index contributed by atoms with van der Waals surface area (Å²) in [5.41, 5.74) is 25.4. The summed E-state index contributed by atoms with van der Waals surface area (Å²) in [4.78, 5) is 6.91. The molecule has 3 heterocycles. The minimum atomic E-state index is -0.323. The highest BCUT2D eigenvalue weighted by Crippen LogP contribution is 2.64. The van der Waals surface area contributed by atoms with E-state index < -0.39 is 0 Å². The Labute approximate surface area is 390 Å². The lowest BCUT2D eigenvalue weighted by atomic mass is 9.72. The first-order valence-electron chi connectivity index (χ1n) is 23.6. The summed E-state index contributed by atoms with van der Waals surface area (Å²) < 4.78 is 13.8. The highest BCUT2D eigenvalue weighted by Gasteiger charge is 2.49. The summed E-state index contributed by atoms with van der Waals surface area (Å²) in [6, 6.07) is 55.9. The molecule has 0 bridgehead atoms. The van der Waals surface area contributed by atoms with Crippen molar-refractivity contribution in [2.24, 2.45) is 0 Å². The van der Waals surface area contributed by atoms with Crippen molar-refractivity contribution in [1.29, 1.82) is 0 Å². The molecule has 0 N–H and O–H groups in total. The van der Waals surface area contributed by atoms with Crippen molar-refractivity contribution in [2.45, 2.75) is 64.7 Å². The van der Waals surface area contributed by atoms with E-state index in [9.17, 15) is 0 Å². The zero-order chi connectivity index (χ0) is 45.3. The van der Waals surface area contributed by atoms with Gasteiger partial charge in [0.2, 0.25) is 0 Å². The fourth-order valence-electron chi connectivity index (χ4n) is 12.8. The molecule has 4 nitrogen and oxygen atoms in total. The molecular formula is C63H48N2O2. The Morgan fingerprint density at radius 1 is 0.418 bits per heavy atom. The summed E-state index contributed by atoms with van der Waals surface area (Å²) in [6.07, 6.45) is 3.81. The summed E-state index contributed by atoms with van der Waals surface area (Å²) in [7, 11) is 0. The van der Waals surface area contributed by atoms with Crippen LogP contribution >= 0.6 is 0 Å². The van der Waals surface area contributed by atoms with Crippen LogP contribution in [0.4, 0.5) is 17.1 Å². The molecule has 3 aliphatic carbocycles. The Bertz CT molecular complexity index is 3960. The molecule has 0 atom stereocenters. The second-order valence-corrected chi connectivity index (χ2v) is 20.7. The number of rotatable bonds is 4. The van der Waals surface area contributed by atoms with Gasteiger partial charge in [-0.05, 0) is 128 Å². The third-order valence-electron chi connectivity index (χ3n) is 16.0. The number of aryl methyl sites for hydroxylation is 1. The van der Waals surface area contributed by atoms with Crippen molar-refractivity contribution < 1.29 is 8.83 Å². The molecule has 3 aliphatic rings. The number of benzene rings is 8. The summed E-state index contributed by atoms with van der Waals surface area (Å²) >= 11 is 0. The minimum Gasteiger partial charge on any atom is -0.455 e. The number of para-hydroxylation sites is 2. The van der Waals surface area contributed by atoms with Crippen molar-refractivity contribution in [1.82, 2.24) is 4.98 Å². The van der Waals surface area contributed by atoms with Crippen molar-refractivity contribution in [3.8, 4) is 44.5 Å². The van der Waals surface area contributed by atoms with Gasteiger partial charge in [-0.1, -0.05) is 144 Å². The largest absolute Gasteiger partial charge is 0.455 e. The van der Waals surface area contributed by atoms with Gasteiger partial charge in [-0.25, -0.2) is 0 Å². The first kappa shape index (κ1) is 38.6. The number of nitrogens with zero attached hydrogens (tertiary/aromatic N) is 2. The summed E-state index contributed by atoms with van der Waals surface area (Å²) in [5.74, 6) is 0. The fourth-order valence-corrected chi connectivity index (χ4v) is 12.8. The molecule has 0 fully saturated rings. The van der Waals surface area contributed by atoms with Crippen LogP contribution in [0.15, 0.2) is 173 Å². The lowest BCUT2D eigenvalue weighted by molar-refractivity contribution is 0.600. The molecule has 0 unspecified atom stereocenters. The molecule has 0 spiro atoms. The first-order valence-corrected chi connectivity index (χ1v) is 23.6. The molecule has 67 heavy (non-hydrogen) atoms. The molecule has 0 aliphatic heterocycles. The van der Waals surface area contributed by atoms with Crippen LogP contribution in [-0.2, 0) is 16.2 Å². The number of furan rings is 2. The van der Waals surface area contributed by atoms with Crippen LogP contribution in [0.5, 0.6) is 0 Å². The average molecular weight is 865 g/mol. The Hall–Kier alpha value is -7.69. The maximum atomic E-state index is 6.96. The van der Waals surface area contributed by atoms with E-state index in [-0.39, 0.29) is 16.2 Å². The second-order valence-electron chi connectivity index (χ2n) is 20.7. The van der Waals surface area contributed by atoms with Crippen LogP contribution in [0.2, 0.25) is 0 Å². The maximum Gasteiger partial charge on any atom is 0.144 e. The number of aromatic nitrogens is 1. The van der Waals surface area contributed by atoms with Gasteiger partial charge in [0, 0.05) is 78.4 Å². The van der Waals surface area contributed by atoms with Crippen LogP contribution in [0.25, 0.3) is 88.4 Å². The zero-order valence-electron chi connectivity index (χ0n) is 38.8. The van der Waals surface area contributed by atoms with Gasteiger partial charge in [0.05, 0.1) is 0 Å². The number of hydrogen-bond donors (Lipinski definition) is 0. The van der Waals surface area contributed by atoms with Crippen LogP contribution in [-0.4, -0.2) is 4.98 Å². The lowest BCUT2D eigenvalue weighted by Crippen LogP contribution is -2.24. The second kappa shape index (κ2) is 13.0. The van der Waals surface area contributed by atoms with Crippen LogP contribution in [0.1, 0.15) is 80.5 Å². The van der Waals surface area contributed by atoms with Gasteiger partial charge in [-0.15, -0.1) is 0 Å². The third kappa shape index (κ3) is 4.95. The van der Waals surface area contributed by atoms with E-state index in [2.05, 4.69) is 210 Å². The van der Waals surface area contributed by atoms with Gasteiger partial charge in [0.15, 0.2) is 0 Å². The van der Waals surface area contributed by atoms with Crippen LogP contribution in [0.3, 0.4) is 0 Å². The number of pyridine rings is 1. The number of anilines is 3. The minimum absolute atomic E-state index is 0.224. The topological polar surface area (TPSA) is 42.4 Å². The van der Waals surface area contributed by atoms with E-state index in [1.54, 1.807) is 0 Å². The zero-order valence-corrected chi connectivity index (χ0v) is 38.8. The van der Waals surface area contributed by atoms with Gasteiger partial charge in [0.25, 0.3) is 0 Å². The van der Waals surface area contributed by atoms with Crippen molar-refractivity contribution in [3.05, 3.63) is 203 Å². The third-order valence-corrected chi connectivity index (χ3v) is 16.0. The summed E-state index contributed by atoms with van der Waals surface area (Å²) in [5, 5.41) is 4.72. The van der Waals surface area contributed by atoms with Crippen LogP contribution < -0.4 is 4.90 Å². The molecule has 4 heteroatoms. The Morgan fingerprint density at radius 2 is 0.955 bits per heavy atom. The van der Waals surface area contributed by atoms with E-state index in [0.717, 1.165) is 55.9 Å². The standard InChI is InChI=1S/C63H48N2O2/c1-35-20-22-36(23-21-35)45-34-49-52(54-43-15-9-12-18-50(43)66-59(45)54)41-26-24-38(32-47(41)61(49,2)3)65(37-28-30-64-31-29-37)39-25-27-42-48(33-39)63(6,7)57-53(42)55-44-16-10-13-19-51(44)67-60(55)56-40-14-8-11-17-46(40)62(4,5)58(56)57/h8-34H,1-7H3. The first-order chi connectivity index (χ1) is 32.4. The van der Waals surface area contributed by atoms with E-state index >= 15 is 0 Å². The molecule has 11 aromatic rings. The van der Waals surface area contributed by atoms with E-state index in [1.807, 2.05) is 12.4 Å². The quantitative estimate of drug-likeness (QED) is 0.177. The van der Waals surface area contributed by atoms with Crippen molar-refractivity contribution in [3.63, 3.8) is 0 Å². The molecule has 14 rings (SSSR count). The smallest absolute Gasteiger partial charge is 0.144 e. The highest BCUT2D eigenvalue weighted by atomic mass is 16.3. The monoisotopic (exact) mass is 864 g/mol. The SMILES string of the molecule is Cc1ccc(-c2cc3c(c4c2oc2ccccc24)-c2ccc(N(c4ccncc4)c4ccc5c(c4)C(C)(C)c4c6c(c7oc8ccccc8c7c4-5)-c4ccccc4C6(C)C)cc2C3(C)C)cc1. The van der Waals surface area contributed by atoms with E-state index in [1.165, 1.54) is 88.5 Å². The predicted octanol–water partition coefficient (Wildman–Crippen LogP) is 17.2. The molecule has 8 aromatic carbocycles. The lowest BCUT2D eigenvalue weighted by Gasteiger charge is -2.32. The Balaban J connectivity index is 0.979. The van der Waals surface area contributed by atoms with E-state index in [0.29, 0.717) is 0 Å². The average Bonchev–Trinajstić information content (AvgIpc) is 4.09. The van der Waals surface area contributed by atoms with Gasteiger partial charge in [-0.3, -0.25) is 4.98 Å². The normalized spacial score (nSPS) is 15.4. The van der Waals surface area contributed by atoms with Crippen molar-refractivity contribution >= 4 is 60.9 Å². The highest BCUT2D eigenvalue weighted by molar-refractivity contribution is 6.21. The van der Waals surface area contributed by atoms with Crippen LogP contribution in [0, 0.1) is 6.92 Å². The Kier molecular flexibility index (Phi) is 7.49. The molecular weight excluding hydrogens is 817 g/mol. The van der Waals surface area contributed by atoms with Gasteiger partial charge in [0.1, 0.15) is 22.3 Å². The molecule has 0 saturated carbocycles. The van der Waals surface area contributed by atoms with E-state index in [4.69, 9.17) is 8.83 Å². The molecule has 0 radical (unpaired) electrons. The molecule has 322 valence electrons. The van der Waals surface area contributed by atoms with Gasteiger partial charge >= 0.3 is 0 Å². The molecule has 0 saturated heterocycles.